The van der Waals surface area contributed by atoms with E-state index in [2.05, 4.69) is 26.2 Å². The molecule has 21 heavy (non-hydrogen) atoms. The summed E-state index contributed by atoms with van der Waals surface area (Å²) in [4.78, 5) is 25.7. The number of carbonyl (C=O) groups excluding carboxylic acids is 1. The first-order valence-electron chi connectivity index (χ1n) is 6.32. The molecule has 4 nitrogen and oxygen atoms in total. The van der Waals surface area contributed by atoms with E-state index in [0.717, 1.165) is 20.9 Å². The number of rotatable bonds is 2. The maximum atomic E-state index is 12.2. The van der Waals surface area contributed by atoms with Crippen LogP contribution in [0.2, 0.25) is 0 Å². The Morgan fingerprint density at radius 3 is 2.48 bits per heavy atom. The Morgan fingerprint density at radius 2 is 1.76 bits per heavy atom. The Bertz CT molecular complexity index is 866. The van der Waals surface area contributed by atoms with Gasteiger partial charge in [-0.25, -0.2) is 0 Å². The number of fused-ring (bicyclic) bond motifs is 1. The molecule has 0 unspecified atom stereocenters. The molecule has 0 fully saturated rings. The zero-order chi connectivity index (χ0) is 14.8. The lowest BCUT2D eigenvalue weighted by Gasteiger charge is -2.10. The van der Waals surface area contributed by atoms with Gasteiger partial charge in [-0.15, -0.1) is 0 Å². The number of pyridine rings is 1. The van der Waals surface area contributed by atoms with E-state index in [1.54, 1.807) is 0 Å². The predicted molar refractivity (Wildman–Crippen MR) is 86.7 cm³/mol. The minimum atomic E-state index is -0.265. The number of H-pyrrole nitrogens is 1. The highest BCUT2D eigenvalue weighted by Gasteiger charge is 2.09. The number of hydrogen-bond acceptors (Lipinski definition) is 2. The standard InChI is InChI=1S/C16H11BrN2O2/c17-13-6-7-14(12-4-2-1-3-11(12)13)19-16(21)10-5-8-15(20)18-9-10/h1-9H,(H,18,20)(H,19,21). The number of anilines is 1. The quantitative estimate of drug-likeness (QED) is 0.748. The van der Waals surface area contributed by atoms with E-state index in [-0.39, 0.29) is 11.5 Å². The van der Waals surface area contributed by atoms with E-state index in [1.807, 2.05) is 36.4 Å². The van der Waals surface area contributed by atoms with Crippen molar-refractivity contribution in [2.45, 2.75) is 0 Å². The number of carbonyl (C=O) groups is 1. The van der Waals surface area contributed by atoms with Gasteiger partial charge in [-0.2, -0.15) is 0 Å². The lowest BCUT2D eigenvalue weighted by molar-refractivity contribution is 0.102. The number of benzene rings is 2. The van der Waals surface area contributed by atoms with E-state index >= 15 is 0 Å². The minimum absolute atomic E-state index is 0.236. The number of aromatic amines is 1. The van der Waals surface area contributed by atoms with Crippen LogP contribution in [-0.4, -0.2) is 10.9 Å². The summed E-state index contributed by atoms with van der Waals surface area (Å²) < 4.78 is 0.972. The Labute approximate surface area is 128 Å². The van der Waals surface area contributed by atoms with E-state index in [0.29, 0.717) is 5.56 Å². The monoisotopic (exact) mass is 342 g/mol. The summed E-state index contributed by atoms with van der Waals surface area (Å²) >= 11 is 3.50. The number of halogens is 1. The maximum Gasteiger partial charge on any atom is 0.257 e. The fourth-order valence-corrected chi connectivity index (χ4v) is 2.60. The first-order valence-corrected chi connectivity index (χ1v) is 7.12. The largest absolute Gasteiger partial charge is 0.328 e. The van der Waals surface area contributed by atoms with Gasteiger partial charge < -0.3 is 10.3 Å². The average Bonchev–Trinajstić information content (AvgIpc) is 2.51. The van der Waals surface area contributed by atoms with E-state index in [1.165, 1.54) is 18.3 Å². The Hall–Kier alpha value is -2.40. The lowest BCUT2D eigenvalue weighted by Crippen LogP contribution is -2.14. The van der Waals surface area contributed by atoms with Crippen LogP contribution in [0.15, 0.2) is 64.0 Å². The summed E-state index contributed by atoms with van der Waals surface area (Å²) in [6.07, 6.45) is 1.40. The summed E-state index contributed by atoms with van der Waals surface area (Å²) in [5.74, 6) is -0.265. The molecule has 0 aliphatic heterocycles. The van der Waals surface area contributed by atoms with Crippen LogP contribution in [0.1, 0.15) is 10.4 Å². The molecule has 3 aromatic rings. The molecule has 0 spiro atoms. The Morgan fingerprint density at radius 1 is 1.00 bits per heavy atom. The highest BCUT2D eigenvalue weighted by atomic mass is 79.9. The molecule has 1 heterocycles. The number of amides is 1. The summed E-state index contributed by atoms with van der Waals surface area (Å²) in [6, 6.07) is 14.4. The smallest absolute Gasteiger partial charge is 0.257 e. The van der Waals surface area contributed by atoms with Crippen LogP contribution in [-0.2, 0) is 0 Å². The normalized spacial score (nSPS) is 10.5. The second kappa shape index (κ2) is 5.54. The fraction of sp³-hybridized carbons (Fsp3) is 0. The molecule has 0 saturated heterocycles. The predicted octanol–water partition coefficient (Wildman–Crippen LogP) is 3.54. The highest BCUT2D eigenvalue weighted by Crippen LogP contribution is 2.30. The van der Waals surface area contributed by atoms with E-state index in [4.69, 9.17) is 0 Å². The molecule has 0 atom stereocenters. The van der Waals surface area contributed by atoms with Crippen LogP contribution in [0.5, 0.6) is 0 Å². The Kier molecular flexibility index (Phi) is 3.58. The van der Waals surface area contributed by atoms with Crippen LogP contribution < -0.4 is 10.9 Å². The van der Waals surface area contributed by atoms with Crippen molar-refractivity contribution in [1.29, 1.82) is 0 Å². The summed E-state index contributed by atoms with van der Waals surface area (Å²) in [5.41, 5.74) is 0.896. The molecule has 0 bridgehead atoms. The molecule has 0 aliphatic rings. The summed E-state index contributed by atoms with van der Waals surface area (Å²) in [6.45, 7) is 0. The van der Waals surface area contributed by atoms with Crippen molar-refractivity contribution >= 4 is 38.3 Å². The highest BCUT2D eigenvalue weighted by molar-refractivity contribution is 9.10. The van der Waals surface area contributed by atoms with Crippen molar-refractivity contribution < 1.29 is 4.79 Å². The van der Waals surface area contributed by atoms with Crippen molar-refractivity contribution in [2.75, 3.05) is 5.32 Å². The molecule has 5 heteroatoms. The van der Waals surface area contributed by atoms with Crippen molar-refractivity contribution in [3.05, 3.63) is 75.1 Å². The first kappa shape index (κ1) is 13.6. The zero-order valence-corrected chi connectivity index (χ0v) is 12.5. The first-order chi connectivity index (χ1) is 10.1. The van der Waals surface area contributed by atoms with Crippen LogP contribution in [0.4, 0.5) is 5.69 Å². The number of hydrogen-bond donors (Lipinski definition) is 2. The van der Waals surface area contributed by atoms with Crippen LogP contribution in [0.3, 0.4) is 0 Å². The lowest BCUT2D eigenvalue weighted by atomic mass is 10.1. The van der Waals surface area contributed by atoms with Gasteiger partial charge in [0.15, 0.2) is 0 Å². The van der Waals surface area contributed by atoms with Gasteiger partial charge >= 0.3 is 0 Å². The second-order valence-electron chi connectivity index (χ2n) is 4.54. The molecule has 0 radical (unpaired) electrons. The molecular formula is C16H11BrN2O2. The zero-order valence-electron chi connectivity index (χ0n) is 10.9. The third kappa shape index (κ3) is 2.73. The van der Waals surface area contributed by atoms with Gasteiger partial charge in [0.05, 0.1) is 5.56 Å². The van der Waals surface area contributed by atoms with Crippen LogP contribution in [0.25, 0.3) is 10.8 Å². The molecule has 1 aromatic heterocycles. The van der Waals surface area contributed by atoms with E-state index in [9.17, 15) is 9.59 Å². The minimum Gasteiger partial charge on any atom is -0.328 e. The van der Waals surface area contributed by atoms with Crippen molar-refractivity contribution in [3.63, 3.8) is 0 Å². The topological polar surface area (TPSA) is 62.0 Å². The summed E-state index contributed by atoms with van der Waals surface area (Å²) in [5, 5.41) is 4.84. The molecule has 0 aliphatic carbocycles. The number of nitrogens with one attached hydrogen (secondary N) is 2. The van der Waals surface area contributed by atoms with Crippen LogP contribution in [0, 0.1) is 0 Å². The SMILES string of the molecule is O=C(Nc1ccc(Br)c2ccccc12)c1ccc(=O)[nH]c1. The molecule has 1 amide bonds. The Balaban J connectivity index is 1.98. The summed E-state index contributed by atoms with van der Waals surface area (Å²) in [7, 11) is 0. The molecule has 0 saturated carbocycles. The fourth-order valence-electron chi connectivity index (χ4n) is 2.12. The van der Waals surface area contributed by atoms with E-state index < -0.39 is 0 Å². The second-order valence-corrected chi connectivity index (χ2v) is 5.39. The maximum absolute atomic E-state index is 12.2. The molecular weight excluding hydrogens is 332 g/mol. The average molecular weight is 343 g/mol. The molecule has 2 aromatic carbocycles. The van der Waals surface area contributed by atoms with Gasteiger partial charge in [-0.1, -0.05) is 40.2 Å². The van der Waals surface area contributed by atoms with Gasteiger partial charge in [0.1, 0.15) is 0 Å². The van der Waals surface area contributed by atoms with Gasteiger partial charge in [0, 0.05) is 27.8 Å². The van der Waals surface area contributed by atoms with Gasteiger partial charge in [0.2, 0.25) is 5.56 Å². The van der Waals surface area contributed by atoms with Gasteiger partial charge in [-0.3, -0.25) is 9.59 Å². The van der Waals surface area contributed by atoms with Gasteiger partial charge in [0.25, 0.3) is 5.91 Å². The molecule has 104 valence electrons. The van der Waals surface area contributed by atoms with Crippen molar-refractivity contribution in [2.24, 2.45) is 0 Å². The number of aromatic nitrogens is 1. The third-order valence-electron chi connectivity index (χ3n) is 3.17. The van der Waals surface area contributed by atoms with Crippen molar-refractivity contribution in [3.8, 4) is 0 Å². The third-order valence-corrected chi connectivity index (χ3v) is 3.86. The van der Waals surface area contributed by atoms with Gasteiger partial charge in [-0.05, 0) is 23.6 Å². The molecule has 2 N–H and O–H groups in total. The van der Waals surface area contributed by atoms with Crippen LogP contribution >= 0.6 is 15.9 Å². The molecule has 3 rings (SSSR count). The van der Waals surface area contributed by atoms with Crippen molar-refractivity contribution in [1.82, 2.24) is 4.98 Å².